The monoisotopic (exact) mass is 295 g/mol. The molecule has 0 saturated carbocycles. The van der Waals surface area contributed by atoms with Gasteiger partial charge in [0.05, 0.1) is 4.47 Å². The van der Waals surface area contributed by atoms with E-state index in [1.54, 1.807) is 0 Å². The van der Waals surface area contributed by atoms with Crippen molar-refractivity contribution in [2.24, 2.45) is 0 Å². The van der Waals surface area contributed by atoms with E-state index in [1.165, 1.54) is 11.1 Å². The molecule has 1 unspecified atom stereocenters. The van der Waals surface area contributed by atoms with Crippen LogP contribution in [-0.4, -0.2) is 18.7 Å². The molecule has 17 heavy (non-hydrogen) atoms. The van der Waals surface area contributed by atoms with E-state index in [0.717, 1.165) is 49.0 Å². The fourth-order valence-electron chi connectivity index (χ4n) is 2.87. The molecule has 2 nitrogen and oxygen atoms in total. The lowest BCUT2D eigenvalue weighted by Crippen LogP contribution is -2.41. The molecule has 1 aromatic carbocycles. The van der Waals surface area contributed by atoms with Gasteiger partial charge in [0, 0.05) is 13.0 Å². The summed E-state index contributed by atoms with van der Waals surface area (Å²) in [5.74, 6) is 1.08. The van der Waals surface area contributed by atoms with E-state index >= 15 is 0 Å². The number of halogens is 1. The van der Waals surface area contributed by atoms with E-state index in [2.05, 4.69) is 40.3 Å². The number of fused-ring (bicyclic) bond motifs is 1. The number of ether oxygens (including phenoxy) is 1. The van der Waals surface area contributed by atoms with Crippen LogP contribution in [0.15, 0.2) is 16.6 Å². The van der Waals surface area contributed by atoms with E-state index in [1.807, 2.05) is 0 Å². The minimum Gasteiger partial charge on any atom is -0.484 e. The SMILES string of the molecule is CCc1cc(Br)c2c(c1)CCC1(CCNC1)O2. The van der Waals surface area contributed by atoms with Crippen LogP contribution >= 0.6 is 15.9 Å². The smallest absolute Gasteiger partial charge is 0.137 e. The van der Waals surface area contributed by atoms with E-state index in [9.17, 15) is 0 Å². The first-order valence-corrected chi connectivity index (χ1v) is 7.23. The zero-order valence-corrected chi connectivity index (χ0v) is 11.8. The second kappa shape index (κ2) is 4.29. The van der Waals surface area contributed by atoms with Gasteiger partial charge in [0.15, 0.2) is 0 Å². The molecule has 2 aliphatic heterocycles. The third-order valence-electron chi connectivity index (χ3n) is 3.96. The fourth-order valence-corrected chi connectivity index (χ4v) is 3.50. The van der Waals surface area contributed by atoms with Crippen molar-refractivity contribution in [3.8, 4) is 5.75 Å². The quantitative estimate of drug-likeness (QED) is 0.860. The molecule has 2 aliphatic rings. The second-order valence-electron chi connectivity index (χ2n) is 5.13. The van der Waals surface area contributed by atoms with E-state index in [0.29, 0.717) is 0 Å². The highest BCUT2D eigenvalue weighted by Crippen LogP contribution is 2.41. The summed E-state index contributed by atoms with van der Waals surface area (Å²) in [6.45, 7) is 4.27. The van der Waals surface area contributed by atoms with Crippen LogP contribution in [-0.2, 0) is 12.8 Å². The molecule has 0 radical (unpaired) electrons. The van der Waals surface area contributed by atoms with E-state index in [4.69, 9.17) is 4.74 Å². The van der Waals surface area contributed by atoms with Gasteiger partial charge in [-0.1, -0.05) is 13.0 Å². The number of rotatable bonds is 1. The van der Waals surface area contributed by atoms with Crippen LogP contribution in [0.3, 0.4) is 0 Å². The molecule has 1 saturated heterocycles. The van der Waals surface area contributed by atoms with Gasteiger partial charge in [0.2, 0.25) is 0 Å². The summed E-state index contributed by atoms with van der Waals surface area (Å²) in [5, 5.41) is 3.42. The highest BCUT2D eigenvalue weighted by molar-refractivity contribution is 9.10. The van der Waals surface area contributed by atoms with Gasteiger partial charge in [-0.05, 0) is 58.9 Å². The summed E-state index contributed by atoms with van der Waals surface area (Å²) in [5.41, 5.74) is 2.82. The molecule has 0 bridgehead atoms. The summed E-state index contributed by atoms with van der Waals surface area (Å²) in [6.07, 6.45) is 4.50. The number of benzene rings is 1. The molecule has 92 valence electrons. The number of hydrogen-bond acceptors (Lipinski definition) is 2. The topological polar surface area (TPSA) is 21.3 Å². The highest BCUT2D eigenvalue weighted by Gasteiger charge is 2.39. The molecular formula is C14H18BrNO. The molecule has 1 fully saturated rings. The minimum absolute atomic E-state index is 0.0588. The Balaban J connectivity index is 1.97. The molecule has 1 spiro atoms. The van der Waals surface area contributed by atoms with Gasteiger partial charge in [0.25, 0.3) is 0 Å². The van der Waals surface area contributed by atoms with E-state index in [-0.39, 0.29) is 5.60 Å². The van der Waals surface area contributed by atoms with Crippen LogP contribution in [0.2, 0.25) is 0 Å². The van der Waals surface area contributed by atoms with Gasteiger partial charge < -0.3 is 10.1 Å². The Morgan fingerprint density at radius 3 is 3.00 bits per heavy atom. The summed E-state index contributed by atoms with van der Waals surface area (Å²) >= 11 is 3.66. The van der Waals surface area contributed by atoms with Crippen molar-refractivity contribution in [2.75, 3.05) is 13.1 Å². The Labute approximate surface area is 111 Å². The molecule has 1 aromatic rings. The molecule has 0 amide bonds. The molecule has 1 N–H and O–H groups in total. The Hall–Kier alpha value is -0.540. The van der Waals surface area contributed by atoms with Crippen molar-refractivity contribution in [3.05, 3.63) is 27.7 Å². The van der Waals surface area contributed by atoms with Crippen LogP contribution in [0, 0.1) is 0 Å². The van der Waals surface area contributed by atoms with Crippen molar-refractivity contribution < 1.29 is 4.74 Å². The van der Waals surface area contributed by atoms with Crippen LogP contribution in [0.1, 0.15) is 30.9 Å². The summed E-state index contributed by atoms with van der Waals surface area (Å²) < 4.78 is 7.42. The number of nitrogens with one attached hydrogen (secondary N) is 1. The highest BCUT2D eigenvalue weighted by atomic mass is 79.9. The Morgan fingerprint density at radius 2 is 2.29 bits per heavy atom. The largest absolute Gasteiger partial charge is 0.484 e. The first kappa shape index (κ1) is 11.5. The lowest BCUT2D eigenvalue weighted by Gasteiger charge is -2.35. The number of hydrogen-bond donors (Lipinski definition) is 1. The third kappa shape index (κ3) is 2.00. The second-order valence-corrected chi connectivity index (χ2v) is 5.99. The first-order chi connectivity index (χ1) is 8.22. The molecule has 3 rings (SSSR count). The molecule has 2 heterocycles. The van der Waals surface area contributed by atoms with Crippen molar-refractivity contribution in [3.63, 3.8) is 0 Å². The van der Waals surface area contributed by atoms with Crippen LogP contribution < -0.4 is 10.1 Å². The maximum absolute atomic E-state index is 6.30. The normalized spacial score (nSPS) is 26.9. The minimum atomic E-state index is 0.0588. The average molecular weight is 296 g/mol. The van der Waals surface area contributed by atoms with E-state index < -0.39 is 0 Å². The zero-order valence-electron chi connectivity index (χ0n) is 10.2. The maximum atomic E-state index is 6.30. The Morgan fingerprint density at radius 1 is 1.41 bits per heavy atom. The predicted octanol–water partition coefficient (Wildman–Crippen LogP) is 3.07. The molecule has 1 atom stereocenters. The Bertz CT molecular complexity index is 438. The summed E-state index contributed by atoms with van der Waals surface area (Å²) in [7, 11) is 0. The predicted molar refractivity (Wildman–Crippen MR) is 72.7 cm³/mol. The molecular weight excluding hydrogens is 278 g/mol. The van der Waals surface area contributed by atoms with Gasteiger partial charge in [0.1, 0.15) is 11.4 Å². The average Bonchev–Trinajstić information content (AvgIpc) is 2.78. The summed E-state index contributed by atoms with van der Waals surface area (Å²) in [6, 6.07) is 4.50. The van der Waals surface area contributed by atoms with Crippen LogP contribution in [0.5, 0.6) is 5.75 Å². The van der Waals surface area contributed by atoms with Gasteiger partial charge in [-0.25, -0.2) is 0 Å². The first-order valence-electron chi connectivity index (χ1n) is 6.43. The number of aryl methyl sites for hydroxylation is 2. The molecule has 3 heteroatoms. The van der Waals surface area contributed by atoms with Crippen molar-refractivity contribution >= 4 is 15.9 Å². The molecule has 0 aliphatic carbocycles. The molecule has 0 aromatic heterocycles. The van der Waals surface area contributed by atoms with Crippen molar-refractivity contribution in [1.82, 2.24) is 5.32 Å². The Kier molecular flexibility index (Phi) is 2.91. The van der Waals surface area contributed by atoms with Gasteiger partial charge >= 0.3 is 0 Å². The third-order valence-corrected chi connectivity index (χ3v) is 4.55. The van der Waals surface area contributed by atoms with Crippen LogP contribution in [0.4, 0.5) is 0 Å². The lowest BCUT2D eigenvalue weighted by molar-refractivity contribution is 0.0654. The fraction of sp³-hybridized carbons (Fsp3) is 0.571. The van der Waals surface area contributed by atoms with Gasteiger partial charge in [-0.3, -0.25) is 0 Å². The van der Waals surface area contributed by atoms with Gasteiger partial charge in [-0.2, -0.15) is 0 Å². The zero-order chi connectivity index (χ0) is 11.9. The lowest BCUT2D eigenvalue weighted by atomic mass is 9.89. The van der Waals surface area contributed by atoms with Crippen molar-refractivity contribution in [1.29, 1.82) is 0 Å². The van der Waals surface area contributed by atoms with Gasteiger partial charge in [-0.15, -0.1) is 0 Å². The van der Waals surface area contributed by atoms with Crippen molar-refractivity contribution in [2.45, 2.75) is 38.2 Å². The van der Waals surface area contributed by atoms with Crippen LogP contribution in [0.25, 0.3) is 0 Å². The summed E-state index contributed by atoms with van der Waals surface area (Å²) in [4.78, 5) is 0. The standard InChI is InChI=1S/C14H18BrNO/c1-2-10-7-11-3-4-14(5-6-16-9-14)17-13(11)12(15)8-10/h7-8,16H,2-6,9H2,1H3. The maximum Gasteiger partial charge on any atom is 0.137 e.